The normalized spacial score (nSPS) is 21.2. The molecule has 1 saturated heterocycles. The summed E-state index contributed by atoms with van der Waals surface area (Å²) in [5.74, 6) is 0.268. The summed E-state index contributed by atoms with van der Waals surface area (Å²) in [6, 6.07) is 5.51. The topological polar surface area (TPSA) is 46.3 Å². The van der Waals surface area contributed by atoms with Crippen molar-refractivity contribution in [3.8, 4) is 0 Å². The molecule has 1 heterocycles. The fraction of sp³-hybridized carbons (Fsp3) is 0.417. The zero-order valence-electron chi connectivity index (χ0n) is 9.24. The zero-order valence-corrected chi connectivity index (χ0v) is 10.8. The molecule has 1 fully saturated rings. The third-order valence-electron chi connectivity index (χ3n) is 3.08. The number of hydrogen-bond acceptors (Lipinski definition) is 3. The van der Waals surface area contributed by atoms with Crippen LogP contribution in [0.4, 0.5) is 5.69 Å². The highest BCUT2D eigenvalue weighted by atomic mass is 79.9. The number of para-hydroxylation sites is 1. The van der Waals surface area contributed by atoms with Crippen LogP contribution in [-0.2, 0) is 0 Å². The number of nitrogen functional groups attached to an aromatic ring is 1. The minimum Gasteiger partial charge on any atom is -0.397 e. The summed E-state index contributed by atoms with van der Waals surface area (Å²) in [5, 5.41) is 0. The van der Waals surface area contributed by atoms with Gasteiger partial charge in [0.25, 0.3) is 0 Å². The van der Waals surface area contributed by atoms with Gasteiger partial charge in [-0.25, -0.2) is 0 Å². The van der Waals surface area contributed by atoms with Gasteiger partial charge in [0.05, 0.1) is 5.69 Å². The predicted molar refractivity (Wildman–Crippen MR) is 68.5 cm³/mol. The summed E-state index contributed by atoms with van der Waals surface area (Å²) < 4.78 is 0.796. The Morgan fingerprint density at radius 2 is 2.31 bits per heavy atom. The second-order valence-corrected chi connectivity index (χ2v) is 5.17. The third-order valence-corrected chi connectivity index (χ3v) is 3.77. The van der Waals surface area contributed by atoms with E-state index in [0.717, 1.165) is 24.0 Å². The second kappa shape index (κ2) is 4.55. The average molecular weight is 283 g/mol. The van der Waals surface area contributed by atoms with Gasteiger partial charge in [0.1, 0.15) is 0 Å². The Labute approximate surface area is 104 Å². The molecule has 4 heteroatoms. The van der Waals surface area contributed by atoms with Gasteiger partial charge in [0.15, 0.2) is 5.78 Å². The molecule has 0 aliphatic carbocycles. The Morgan fingerprint density at radius 1 is 1.56 bits per heavy atom. The van der Waals surface area contributed by atoms with E-state index in [1.165, 1.54) is 0 Å². The van der Waals surface area contributed by atoms with Gasteiger partial charge < -0.3 is 10.6 Å². The van der Waals surface area contributed by atoms with Gasteiger partial charge in [-0.3, -0.25) is 4.79 Å². The van der Waals surface area contributed by atoms with E-state index < -0.39 is 0 Å². The Kier molecular flexibility index (Phi) is 3.30. The lowest BCUT2D eigenvalue weighted by atomic mass is 9.96. The Morgan fingerprint density at radius 3 is 2.94 bits per heavy atom. The van der Waals surface area contributed by atoms with Crippen molar-refractivity contribution < 1.29 is 4.79 Å². The third kappa shape index (κ3) is 2.13. The smallest absolute Gasteiger partial charge is 0.169 e. The highest BCUT2D eigenvalue weighted by molar-refractivity contribution is 9.10. The molecule has 1 aromatic rings. The fourth-order valence-corrected chi connectivity index (χ4v) is 2.49. The average Bonchev–Trinajstić information content (AvgIpc) is 2.68. The van der Waals surface area contributed by atoms with E-state index in [-0.39, 0.29) is 11.7 Å². The van der Waals surface area contributed by atoms with Crippen LogP contribution < -0.4 is 5.73 Å². The minimum atomic E-state index is 0.0987. The maximum absolute atomic E-state index is 12.2. The molecule has 3 nitrogen and oxygen atoms in total. The molecule has 0 amide bonds. The van der Waals surface area contributed by atoms with Crippen LogP contribution >= 0.6 is 15.9 Å². The molecule has 0 aromatic heterocycles. The molecule has 86 valence electrons. The Hall–Kier alpha value is -0.870. The molecule has 2 N–H and O–H groups in total. The van der Waals surface area contributed by atoms with Gasteiger partial charge in [-0.05, 0) is 48.1 Å². The van der Waals surface area contributed by atoms with Crippen LogP contribution in [0.2, 0.25) is 0 Å². The number of nitrogens with two attached hydrogens (primary N) is 1. The first kappa shape index (κ1) is 11.6. The largest absolute Gasteiger partial charge is 0.397 e. The minimum absolute atomic E-state index is 0.0987. The number of halogens is 1. The van der Waals surface area contributed by atoms with Crippen molar-refractivity contribution in [2.75, 3.05) is 25.9 Å². The Balaban J connectivity index is 2.24. The Bertz CT molecular complexity index is 419. The van der Waals surface area contributed by atoms with Crippen molar-refractivity contribution in [3.63, 3.8) is 0 Å². The van der Waals surface area contributed by atoms with Crippen LogP contribution in [0, 0.1) is 5.92 Å². The van der Waals surface area contributed by atoms with E-state index >= 15 is 0 Å². The van der Waals surface area contributed by atoms with Crippen LogP contribution in [-0.4, -0.2) is 30.8 Å². The van der Waals surface area contributed by atoms with Gasteiger partial charge in [-0.1, -0.05) is 6.07 Å². The lowest BCUT2D eigenvalue weighted by Gasteiger charge is -2.11. The van der Waals surface area contributed by atoms with Crippen molar-refractivity contribution in [1.82, 2.24) is 4.90 Å². The molecule has 0 saturated carbocycles. The maximum atomic E-state index is 12.2. The van der Waals surface area contributed by atoms with Crippen LogP contribution in [0.5, 0.6) is 0 Å². The number of likely N-dealkylation sites (tertiary alicyclic amines) is 1. The lowest BCUT2D eigenvalue weighted by molar-refractivity contribution is 0.0925. The van der Waals surface area contributed by atoms with Gasteiger partial charge in [-0.2, -0.15) is 0 Å². The van der Waals surface area contributed by atoms with E-state index in [1.54, 1.807) is 6.07 Å². The molecule has 0 bridgehead atoms. The number of anilines is 1. The van der Waals surface area contributed by atoms with Crippen molar-refractivity contribution >= 4 is 27.4 Å². The number of benzene rings is 1. The van der Waals surface area contributed by atoms with E-state index in [1.807, 2.05) is 19.2 Å². The van der Waals surface area contributed by atoms with Crippen LogP contribution in [0.3, 0.4) is 0 Å². The molecule has 1 unspecified atom stereocenters. The summed E-state index contributed by atoms with van der Waals surface area (Å²) in [5.41, 5.74) is 7.11. The molecule has 1 aromatic carbocycles. The van der Waals surface area contributed by atoms with Gasteiger partial charge in [0, 0.05) is 22.5 Å². The first-order valence-electron chi connectivity index (χ1n) is 5.36. The van der Waals surface area contributed by atoms with E-state index in [9.17, 15) is 4.79 Å². The molecular formula is C12H15BrN2O. The standard InChI is InChI=1S/C12H15BrN2O/c1-15-6-5-8(7-15)12(16)9-3-2-4-10(13)11(9)14/h2-4,8H,5-7,14H2,1H3. The number of carbonyl (C=O) groups excluding carboxylic acids is 1. The van der Waals surface area contributed by atoms with E-state index in [4.69, 9.17) is 5.73 Å². The number of carbonyl (C=O) groups is 1. The fourth-order valence-electron chi connectivity index (χ4n) is 2.12. The molecular weight excluding hydrogens is 268 g/mol. The van der Waals surface area contributed by atoms with Crippen molar-refractivity contribution in [1.29, 1.82) is 0 Å². The molecule has 1 aliphatic heterocycles. The second-order valence-electron chi connectivity index (χ2n) is 4.31. The maximum Gasteiger partial charge on any atom is 0.169 e. The summed E-state index contributed by atoms with van der Waals surface area (Å²) >= 11 is 3.35. The summed E-state index contributed by atoms with van der Waals surface area (Å²) in [7, 11) is 2.04. The monoisotopic (exact) mass is 282 g/mol. The van der Waals surface area contributed by atoms with Crippen molar-refractivity contribution in [2.45, 2.75) is 6.42 Å². The summed E-state index contributed by atoms with van der Waals surface area (Å²) in [4.78, 5) is 14.4. The van der Waals surface area contributed by atoms with Crippen LogP contribution in [0.25, 0.3) is 0 Å². The molecule has 0 radical (unpaired) electrons. The van der Waals surface area contributed by atoms with E-state index in [2.05, 4.69) is 20.8 Å². The first-order chi connectivity index (χ1) is 7.59. The summed E-state index contributed by atoms with van der Waals surface area (Å²) in [6.45, 7) is 1.83. The number of hydrogen-bond donors (Lipinski definition) is 1. The van der Waals surface area contributed by atoms with E-state index in [0.29, 0.717) is 11.3 Å². The lowest BCUT2D eigenvalue weighted by Crippen LogP contribution is -2.20. The highest BCUT2D eigenvalue weighted by Gasteiger charge is 2.28. The molecule has 1 aliphatic rings. The molecule has 16 heavy (non-hydrogen) atoms. The molecule has 2 rings (SSSR count). The van der Waals surface area contributed by atoms with Crippen molar-refractivity contribution in [2.24, 2.45) is 5.92 Å². The van der Waals surface area contributed by atoms with Crippen molar-refractivity contribution in [3.05, 3.63) is 28.2 Å². The zero-order chi connectivity index (χ0) is 11.7. The quantitative estimate of drug-likeness (QED) is 0.668. The predicted octanol–water partition coefficient (Wildman–Crippen LogP) is 2.17. The highest BCUT2D eigenvalue weighted by Crippen LogP contribution is 2.27. The number of nitrogens with zero attached hydrogens (tertiary/aromatic N) is 1. The van der Waals surface area contributed by atoms with Gasteiger partial charge >= 0.3 is 0 Å². The SMILES string of the molecule is CN1CCC(C(=O)c2cccc(Br)c2N)C1. The number of ketones is 1. The van der Waals surface area contributed by atoms with Crippen LogP contribution in [0.1, 0.15) is 16.8 Å². The van der Waals surface area contributed by atoms with Gasteiger partial charge in [-0.15, -0.1) is 0 Å². The van der Waals surface area contributed by atoms with Gasteiger partial charge in [0.2, 0.25) is 0 Å². The summed E-state index contributed by atoms with van der Waals surface area (Å²) in [6.07, 6.45) is 0.932. The molecule has 1 atom stereocenters. The molecule has 0 spiro atoms. The van der Waals surface area contributed by atoms with Crippen LogP contribution in [0.15, 0.2) is 22.7 Å². The first-order valence-corrected chi connectivity index (χ1v) is 6.15. The number of rotatable bonds is 2. The number of Topliss-reactive ketones (excluding diaryl/α,β-unsaturated/α-hetero) is 1.